The van der Waals surface area contributed by atoms with Crippen LogP contribution in [-0.2, 0) is 16.0 Å². The van der Waals surface area contributed by atoms with E-state index in [0.717, 1.165) is 34.2 Å². The normalized spacial score (nSPS) is 22.7. The number of aromatic amines is 1. The summed E-state index contributed by atoms with van der Waals surface area (Å²) in [6, 6.07) is 7.52. The molecule has 0 radical (unpaired) electrons. The molecule has 2 aromatic rings. The van der Waals surface area contributed by atoms with Gasteiger partial charge in [0.15, 0.2) is 0 Å². The lowest BCUT2D eigenvalue weighted by atomic mass is 9.96. The number of amides is 4. The maximum Gasteiger partial charge on any atom is 0.325 e. The Morgan fingerprint density at radius 3 is 2.85 bits per heavy atom. The number of aromatic nitrogens is 1. The number of hydrogen-bond acceptors (Lipinski definition) is 3. The molecule has 3 N–H and O–H groups in total. The van der Waals surface area contributed by atoms with Gasteiger partial charge in [0.25, 0.3) is 5.91 Å². The van der Waals surface area contributed by atoms with Gasteiger partial charge in [-0.05, 0) is 43.7 Å². The van der Waals surface area contributed by atoms with Gasteiger partial charge in [-0.2, -0.15) is 0 Å². The van der Waals surface area contributed by atoms with Gasteiger partial charge < -0.3 is 15.6 Å². The number of carbonyl (C=O) groups excluding carboxylic acids is 3. The maximum absolute atomic E-state index is 12.5. The molecule has 4 rings (SSSR count). The first kappa shape index (κ1) is 16.6. The minimum absolute atomic E-state index is 0.189. The Bertz CT molecular complexity index is 886. The van der Waals surface area contributed by atoms with Crippen molar-refractivity contribution in [1.29, 1.82) is 0 Å². The van der Waals surface area contributed by atoms with Crippen LogP contribution in [0.3, 0.4) is 0 Å². The molecular weight excluding hydrogens is 332 g/mol. The fourth-order valence-electron chi connectivity index (χ4n) is 3.67. The summed E-state index contributed by atoms with van der Waals surface area (Å²) in [4.78, 5) is 41.0. The monoisotopic (exact) mass is 354 g/mol. The standard InChI is InChI=1S/C19H22N4O3/c1-19(13-6-7-13)17(25)23(18(26)22-19)11-16(24)20-9-8-12-10-21-15-5-3-2-4-14(12)15/h2-5,10,13,21H,6-9,11H2,1H3,(H,20,24)(H,22,26). The summed E-state index contributed by atoms with van der Waals surface area (Å²) >= 11 is 0. The van der Waals surface area contributed by atoms with Crippen molar-refractivity contribution in [3.8, 4) is 0 Å². The number of para-hydroxylation sites is 1. The molecule has 2 heterocycles. The van der Waals surface area contributed by atoms with Gasteiger partial charge in [-0.3, -0.25) is 14.5 Å². The molecule has 2 fully saturated rings. The second-order valence-electron chi connectivity index (χ2n) is 7.26. The molecule has 1 aliphatic carbocycles. The largest absolute Gasteiger partial charge is 0.361 e. The Kier molecular flexibility index (Phi) is 3.94. The fourth-order valence-corrected chi connectivity index (χ4v) is 3.67. The number of nitrogens with zero attached hydrogens (tertiary/aromatic N) is 1. The van der Waals surface area contributed by atoms with Crippen LogP contribution >= 0.6 is 0 Å². The van der Waals surface area contributed by atoms with E-state index < -0.39 is 11.6 Å². The maximum atomic E-state index is 12.5. The molecule has 1 aromatic heterocycles. The first-order valence-corrected chi connectivity index (χ1v) is 8.95. The number of fused-ring (bicyclic) bond motifs is 1. The van der Waals surface area contributed by atoms with Gasteiger partial charge >= 0.3 is 6.03 Å². The Morgan fingerprint density at radius 2 is 2.08 bits per heavy atom. The molecule has 4 amide bonds. The number of H-pyrrole nitrogens is 1. The smallest absolute Gasteiger partial charge is 0.325 e. The molecule has 2 aliphatic rings. The molecule has 1 unspecified atom stereocenters. The lowest BCUT2D eigenvalue weighted by Gasteiger charge is -2.20. The van der Waals surface area contributed by atoms with Crippen LogP contribution in [0.2, 0.25) is 0 Å². The van der Waals surface area contributed by atoms with Gasteiger partial charge in [-0.25, -0.2) is 4.79 Å². The van der Waals surface area contributed by atoms with Crippen molar-refractivity contribution in [2.24, 2.45) is 5.92 Å². The van der Waals surface area contributed by atoms with E-state index in [0.29, 0.717) is 13.0 Å². The van der Waals surface area contributed by atoms with E-state index >= 15 is 0 Å². The highest BCUT2D eigenvalue weighted by atomic mass is 16.2. The topological polar surface area (TPSA) is 94.3 Å². The van der Waals surface area contributed by atoms with Crippen LogP contribution in [-0.4, -0.2) is 46.4 Å². The van der Waals surface area contributed by atoms with E-state index in [4.69, 9.17) is 0 Å². The number of urea groups is 1. The molecule has 0 bridgehead atoms. The van der Waals surface area contributed by atoms with Crippen LogP contribution in [0.5, 0.6) is 0 Å². The van der Waals surface area contributed by atoms with E-state index in [9.17, 15) is 14.4 Å². The van der Waals surface area contributed by atoms with Gasteiger partial charge in [0, 0.05) is 23.6 Å². The summed E-state index contributed by atoms with van der Waals surface area (Å²) in [6.45, 7) is 1.96. The van der Waals surface area contributed by atoms with Crippen LogP contribution in [0, 0.1) is 5.92 Å². The second-order valence-corrected chi connectivity index (χ2v) is 7.26. The van der Waals surface area contributed by atoms with Crippen LogP contribution in [0.15, 0.2) is 30.5 Å². The van der Waals surface area contributed by atoms with E-state index in [-0.39, 0.29) is 24.3 Å². The molecule has 0 spiro atoms. The van der Waals surface area contributed by atoms with Gasteiger partial charge in [0.1, 0.15) is 12.1 Å². The molecule has 7 nitrogen and oxygen atoms in total. The van der Waals surface area contributed by atoms with Crippen molar-refractivity contribution in [3.63, 3.8) is 0 Å². The number of nitrogens with one attached hydrogen (secondary N) is 3. The van der Waals surface area contributed by atoms with E-state index in [1.807, 2.05) is 30.5 Å². The Labute approximate surface area is 151 Å². The Hall–Kier alpha value is -2.83. The van der Waals surface area contributed by atoms with Crippen LogP contribution in [0.4, 0.5) is 4.79 Å². The predicted octanol–water partition coefficient (Wildman–Crippen LogP) is 1.55. The van der Waals surface area contributed by atoms with Gasteiger partial charge in [-0.1, -0.05) is 18.2 Å². The summed E-state index contributed by atoms with van der Waals surface area (Å²) in [6.07, 6.45) is 4.49. The van der Waals surface area contributed by atoms with Crippen LogP contribution in [0.25, 0.3) is 10.9 Å². The number of carbonyl (C=O) groups is 3. The Balaban J connectivity index is 1.31. The minimum atomic E-state index is -0.846. The molecule has 7 heteroatoms. The van der Waals surface area contributed by atoms with Gasteiger partial charge in [0.2, 0.25) is 5.91 Å². The lowest BCUT2D eigenvalue weighted by molar-refractivity contribution is -0.135. The third-order valence-electron chi connectivity index (χ3n) is 5.39. The van der Waals surface area contributed by atoms with E-state index in [2.05, 4.69) is 15.6 Å². The van der Waals surface area contributed by atoms with E-state index in [1.165, 1.54) is 0 Å². The average Bonchev–Trinajstić information content (AvgIpc) is 3.37. The predicted molar refractivity (Wildman–Crippen MR) is 96.4 cm³/mol. The second kappa shape index (κ2) is 6.16. The minimum Gasteiger partial charge on any atom is -0.361 e. The van der Waals surface area contributed by atoms with Crippen molar-refractivity contribution in [1.82, 2.24) is 20.5 Å². The van der Waals surface area contributed by atoms with Gasteiger partial charge in [-0.15, -0.1) is 0 Å². The van der Waals surface area contributed by atoms with Crippen molar-refractivity contribution in [2.45, 2.75) is 31.7 Å². The van der Waals surface area contributed by atoms with Crippen molar-refractivity contribution >= 4 is 28.7 Å². The first-order valence-electron chi connectivity index (χ1n) is 8.95. The molecule has 1 aliphatic heterocycles. The van der Waals surface area contributed by atoms with Crippen molar-refractivity contribution < 1.29 is 14.4 Å². The SMILES string of the molecule is CC1(C2CC2)NC(=O)N(CC(=O)NCCc2c[nH]c3ccccc23)C1=O. The average molecular weight is 354 g/mol. The molecule has 26 heavy (non-hydrogen) atoms. The molecule has 1 saturated heterocycles. The lowest BCUT2D eigenvalue weighted by Crippen LogP contribution is -2.47. The number of hydrogen-bond donors (Lipinski definition) is 3. The highest BCUT2D eigenvalue weighted by Gasteiger charge is 2.56. The van der Waals surface area contributed by atoms with Crippen LogP contribution < -0.4 is 10.6 Å². The molecule has 1 atom stereocenters. The third kappa shape index (κ3) is 2.83. The summed E-state index contributed by atoms with van der Waals surface area (Å²) in [7, 11) is 0. The number of benzene rings is 1. The summed E-state index contributed by atoms with van der Waals surface area (Å²) in [5.41, 5.74) is 1.34. The highest BCUT2D eigenvalue weighted by molar-refractivity contribution is 6.09. The van der Waals surface area contributed by atoms with Crippen molar-refractivity contribution in [2.75, 3.05) is 13.1 Å². The highest BCUT2D eigenvalue weighted by Crippen LogP contribution is 2.42. The first-order chi connectivity index (χ1) is 12.5. The number of rotatable bonds is 6. The molecule has 136 valence electrons. The molecule has 1 saturated carbocycles. The van der Waals surface area contributed by atoms with Crippen molar-refractivity contribution in [3.05, 3.63) is 36.0 Å². The number of imide groups is 1. The fraction of sp³-hybridized carbons (Fsp3) is 0.421. The summed E-state index contributed by atoms with van der Waals surface area (Å²) in [5, 5.41) is 6.68. The zero-order valence-electron chi connectivity index (χ0n) is 14.7. The summed E-state index contributed by atoms with van der Waals surface area (Å²) < 4.78 is 0. The quantitative estimate of drug-likeness (QED) is 0.687. The third-order valence-corrected chi connectivity index (χ3v) is 5.39. The van der Waals surface area contributed by atoms with E-state index in [1.54, 1.807) is 6.92 Å². The Morgan fingerprint density at radius 1 is 1.31 bits per heavy atom. The van der Waals surface area contributed by atoms with Crippen LogP contribution in [0.1, 0.15) is 25.3 Å². The zero-order valence-corrected chi connectivity index (χ0v) is 14.7. The zero-order chi connectivity index (χ0) is 18.3. The summed E-state index contributed by atoms with van der Waals surface area (Å²) in [5.74, 6) is -0.431. The molecule has 1 aromatic carbocycles. The van der Waals surface area contributed by atoms with Gasteiger partial charge in [0.05, 0.1) is 0 Å². The molecular formula is C19H22N4O3.